The molecule has 0 saturated heterocycles. The van der Waals surface area contributed by atoms with E-state index in [1.54, 1.807) is 0 Å². The van der Waals surface area contributed by atoms with Crippen molar-refractivity contribution in [2.45, 2.75) is 25.5 Å². The Balaban J connectivity index is 2.13. The molecule has 0 N–H and O–H groups in total. The summed E-state index contributed by atoms with van der Waals surface area (Å²) >= 11 is 0. The minimum atomic E-state index is -0.682. The number of ether oxygens (including phenoxy) is 1. The van der Waals surface area contributed by atoms with Crippen molar-refractivity contribution in [1.29, 1.82) is 0 Å². The van der Waals surface area contributed by atoms with Crippen LogP contribution in [0.4, 0.5) is 0 Å². The highest BCUT2D eigenvalue weighted by atomic mass is 16.5. The molecular weight excluding hydrogens is 354 g/mol. The maximum absolute atomic E-state index is 6.91. The topological polar surface area (TPSA) is 12.5 Å². The Morgan fingerprint density at radius 1 is 0.759 bits per heavy atom. The van der Waals surface area contributed by atoms with Crippen LogP contribution in [0.2, 0.25) is 0 Å². The predicted octanol–water partition coefficient (Wildman–Crippen LogP) is 5.89. The van der Waals surface area contributed by atoms with E-state index in [-0.39, 0.29) is 6.04 Å². The maximum atomic E-state index is 6.91. The summed E-state index contributed by atoms with van der Waals surface area (Å²) in [7, 11) is 0. The molecule has 3 aromatic rings. The first-order chi connectivity index (χ1) is 14.3. The summed E-state index contributed by atoms with van der Waals surface area (Å²) in [5.41, 5.74) is 2.69. The predicted molar refractivity (Wildman–Crippen MR) is 122 cm³/mol. The van der Waals surface area contributed by atoms with E-state index in [4.69, 9.17) is 4.74 Å². The van der Waals surface area contributed by atoms with Crippen LogP contribution in [0.15, 0.2) is 104 Å². The van der Waals surface area contributed by atoms with E-state index in [1.807, 2.05) is 24.3 Å². The molecule has 0 unspecified atom stereocenters. The van der Waals surface area contributed by atoms with Crippen LogP contribution in [0.3, 0.4) is 0 Å². The first kappa shape index (κ1) is 21.0. The highest BCUT2D eigenvalue weighted by molar-refractivity contribution is 5.47. The van der Waals surface area contributed by atoms with Crippen LogP contribution < -0.4 is 0 Å². The van der Waals surface area contributed by atoms with E-state index >= 15 is 0 Å². The van der Waals surface area contributed by atoms with Gasteiger partial charge in [-0.25, -0.2) is 0 Å². The van der Waals surface area contributed by atoms with Gasteiger partial charge in [0.15, 0.2) is 0 Å². The van der Waals surface area contributed by atoms with Gasteiger partial charge in [0.25, 0.3) is 0 Å². The third-order valence-corrected chi connectivity index (χ3v) is 5.57. The summed E-state index contributed by atoms with van der Waals surface area (Å²) in [5.74, 6) is 0. The first-order valence-electron chi connectivity index (χ1n) is 10.4. The smallest absolute Gasteiger partial charge is 0.143 e. The van der Waals surface area contributed by atoms with Crippen molar-refractivity contribution in [2.24, 2.45) is 0 Å². The lowest BCUT2D eigenvalue weighted by molar-refractivity contribution is -0.0121. The number of hydrogen-bond acceptors (Lipinski definition) is 2. The zero-order valence-corrected chi connectivity index (χ0v) is 17.5. The van der Waals surface area contributed by atoms with Crippen molar-refractivity contribution >= 4 is 0 Å². The summed E-state index contributed by atoms with van der Waals surface area (Å²) in [4.78, 5) is 2.37. The molecule has 3 rings (SSSR count). The molecule has 3 aromatic carbocycles. The fourth-order valence-corrected chi connectivity index (χ4v) is 3.99. The van der Waals surface area contributed by atoms with Gasteiger partial charge in [-0.05, 0) is 29.8 Å². The van der Waals surface area contributed by atoms with Crippen molar-refractivity contribution in [3.05, 3.63) is 120 Å². The van der Waals surface area contributed by atoms with Crippen molar-refractivity contribution in [3.63, 3.8) is 0 Å². The van der Waals surface area contributed by atoms with Crippen molar-refractivity contribution < 1.29 is 4.74 Å². The Morgan fingerprint density at radius 2 is 1.14 bits per heavy atom. The third kappa shape index (κ3) is 4.50. The standard InChI is InChI=1S/C27H31NO/c1-4-26(28(5-2)6-3)22-29-27(23-16-10-7-11-17-23,24-18-12-8-13-19-24)25-20-14-9-15-21-25/h4,7-21,26H,1,5-6,22H2,2-3H3/t26-/m0/s1. The molecule has 0 fully saturated rings. The summed E-state index contributed by atoms with van der Waals surface area (Å²) in [6, 6.07) is 31.7. The fourth-order valence-electron chi connectivity index (χ4n) is 3.99. The first-order valence-corrected chi connectivity index (χ1v) is 10.4. The molecule has 0 radical (unpaired) electrons. The van der Waals surface area contributed by atoms with Gasteiger partial charge >= 0.3 is 0 Å². The van der Waals surface area contributed by atoms with Gasteiger partial charge in [-0.3, -0.25) is 4.90 Å². The number of benzene rings is 3. The zero-order valence-electron chi connectivity index (χ0n) is 17.5. The molecule has 0 saturated carbocycles. The lowest BCUT2D eigenvalue weighted by atomic mass is 9.80. The quantitative estimate of drug-likeness (QED) is 0.319. The van der Waals surface area contributed by atoms with Crippen LogP contribution in [0.1, 0.15) is 30.5 Å². The van der Waals surface area contributed by atoms with Gasteiger partial charge in [0.2, 0.25) is 0 Å². The Labute approximate surface area is 175 Å². The highest BCUT2D eigenvalue weighted by Crippen LogP contribution is 2.40. The average Bonchev–Trinajstić information content (AvgIpc) is 2.81. The van der Waals surface area contributed by atoms with E-state index in [9.17, 15) is 0 Å². The second-order valence-electron chi connectivity index (χ2n) is 7.11. The minimum Gasteiger partial charge on any atom is -0.359 e. The summed E-state index contributed by atoms with van der Waals surface area (Å²) in [6.07, 6.45) is 2.00. The minimum absolute atomic E-state index is 0.153. The van der Waals surface area contributed by atoms with E-state index in [0.717, 1.165) is 29.8 Å². The van der Waals surface area contributed by atoms with Crippen molar-refractivity contribution in [2.75, 3.05) is 19.7 Å². The lowest BCUT2D eigenvalue weighted by Gasteiger charge is -2.38. The molecule has 0 aliphatic heterocycles. The van der Waals surface area contributed by atoms with E-state index < -0.39 is 5.60 Å². The highest BCUT2D eigenvalue weighted by Gasteiger charge is 2.38. The third-order valence-electron chi connectivity index (χ3n) is 5.57. The molecule has 2 heteroatoms. The SMILES string of the molecule is C=C[C@@H](COC(c1ccccc1)(c1ccccc1)c1ccccc1)N(CC)CC. The molecule has 2 nitrogen and oxygen atoms in total. The lowest BCUT2D eigenvalue weighted by Crippen LogP contribution is -2.41. The molecule has 29 heavy (non-hydrogen) atoms. The molecule has 0 amide bonds. The van der Waals surface area contributed by atoms with Gasteiger partial charge in [-0.2, -0.15) is 0 Å². The second kappa shape index (κ2) is 10.2. The largest absolute Gasteiger partial charge is 0.359 e. The Bertz CT molecular complexity index is 760. The van der Waals surface area contributed by atoms with Gasteiger partial charge in [0.1, 0.15) is 5.60 Å². The second-order valence-corrected chi connectivity index (χ2v) is 7.11. The molecule has 0 aromatic heterocycles. The number of rotatable bonds is 10. The Kier molecular flexibility index (Phi) is 7.40. The monoisotopic (exact) mass is 385 g/mol. The van der Waals surface area contributed by atoms with Crippen molar-refractivity contribution in [3.8, 4) is 0 Å². The van der Waals surface area contributed by atoms with Crippen molar-refractivity contribution in [1.82, 2.24) is 4.90 Å². The number of likely N-dealkylation sites (N-methyl/N-ethyl adjacent to an activating group) is 1. The zero-order chi connectivity index (χ0) is 20.5. The normalized spacial score (nSPS) is 12.7. The summed E-state index contributed by atoms with van der Waals surface area (Å²) in [5, 5.41) is 0. The number of hydrogen-bond donors (Lipinski definition) is 0. The van der Waals surface area contributed by atoms with E-state index in [1.165, 1.54) is 0 Å². The van der Waals surface area contributed by atoms with Crippen LogP contribution in [-0.2, 0) is 10.3 Å². The van der Waals surface area contributed by atoms with Crippen LogP contribution >= 0.6 is 0 Å². The average molecular weight is 386 g/mol. The maximum Gasteiger partial charge on any atom is 0.143 e. The Hall–Kier alpha value is -2.68. The molecule has 0 bridgehead atoms. The van der Waals surface area contributed by atoms with Crippen LogP contribution in [0, 0.1) is 0 Å². The Morgan fingerprint density at radius 3 is 1.45 bits per heavy atom. The molecule has 0 aliphatic carbocycles. The van der Waals surface area contributed by atoms with Crippen LogP contribution in [0.25, 0.3) is 0 Å². The van der Waals surface area contributed by atoms with Gasteiger partial charge in [0.05, 0.1) is 12.6 Å². The fraction of sp³-hybridized carbons (Fsp3) is 0.259. The van der Waals surface area contributed by atoms with Crippen LogP contribution in [-0.4, -0.2) is 30.6 Å². The molecule has 1 atom stereocenters. The van der Waals surface area contributed by atoms with Gasteiger partial charge in [0, 0.05) is 0 Å². The molecule has 0 spiro atoms. The van der Waals surface area contributed by atoms with Gasteiger partial charge in [-0.1, -0.05) is 111 Å². The summed E-state index contributed by atoms with van der Waals surface area (Å²) in [6.45, 7) is 10.9. The molecular formula is C27H31NO. The van der Waals surface area contributed by atoms with Crippen LogP contribution in [0.5, 0.6) is 0 Å². The van der Waals surface area contributed by atoms with E-state index in [2.05, 4.69) is 98.1 Å². The molecule has 150 valence electrons. The molecule has 0 aliphatic rings. The van der Waals surface area contributed by atoms with Gasteiger partial charge in [-0.15, -0.1) is 6.58 Å². The summed E-state index contributed by atoms with van der Waals surface area (Å²) < 4.78 is 6.91. The van der Waals surface area contributed by atoms with E-state index in [0.29, 0.717) is 6.61 Å². The number of nitrogens with zero attached hydrogens (tertiary/aromatic N) is 1. The molecule has 0 heterocycles. The van der Waals surface area contributed by atoms with Gasteiger partial charge < -0.3 is 4.74 Å².